The van der Waals surface area contributed by atoms with Crippen molar-refractivity contribution in [1.82, 2.24) is 0 Å². The first-order chi connectivity index (χ1) is 3.00. The molecule has 0 aliphatic rings. The van der Waals surface area contributed by atoms with Crippen LogP contribution in [0, 0.1) is 0 Å². The van der Waals surface area contributed by atoms with Crippen LogP contribution in [0.1, 0.15) is 0 Å². The van der Waals surface area contributed by atoms with Gasteiger partial charge in [0.2, 0.25) is 0 Å². The van der Waals surface area contributed by atoms with E-state index in [0.717, 1.165) is 0 Å². The Labute approximate surface area is 86.4 Å². The molecule has 0 aromatic rings. The van der Waals surface area contributed by atoms with Gasteiger partial charge in [0.1, 0.15) is 0 Å². The molecule has 0 radical (unpaired) electrons. The second-order valence-corrected chi connectivity index (χ2v) is 1.22. The standard InChI is InChI=1S/Ca.H2O4S.O.Zn/c;1-5(2,3)4;;/h;(H2,1,2,3,4);;/q+2;;;/p-2. The molecule has 0 unspecified atom stereocenters. The fraction of sp³-hybridized carbons (Fsp3) is 0. The zero-order valence-electron chi connectivity index (χ0n) is 3.86. The summed E-state index contributed by atoms with van der Waals surface area (Å²) >= 11 is 0.125. The summed E-state index contributed by atoms with van der Waals surface area (Å²) < 4.78 is 42.5. The van der Waals surface area contributed by atoms with Crippen molar-refractivity contribution in [3.05, 3.63) is 0 Å². The maximum atomic E-state index is 8.52. The molecule has 0 amide bonds. The first-order valence-electron chi connectivity index (χ1n) is 0.955. The van der Waals surface area contributed by atoms with Gasteiger partial charge in [-0.3, -0.25) is 8.42 Å². The summed E-state index contributed by atoms with van der Waals surface area (Å²) in [6.07, 6.45) is 0. The molecule has 0 aromatic carbocycles. The van der Waals surface area contributed by atoms with Crippen LogP contribution in [0.2, 0.25) is 0 Å². The van der Waals surface area contributed by atoms with E-state index in [9.17, 15) is 0 Å². The molecule has 0 aromatic heterocycles. The molecule has 0 saturated heterocycles. The van der Waals surface area contributed by atoms with Gasteiger partial charge in [0.05, 0.1) is 0 Å². The Morgan fingerprint density at radius 3 is 1.12 bits per heavy atom. The molecule has 0 atom stereocenters. The van der Waals surface area contributed by atoms with Crippen LogP contribution < -0.4 is 0 Å². The molecule has 0 fully saturated rings. The Morgan fingerprint density at radius 2 is 1.12 bits per heavy atom. The molecule has 0 bridgehead atoms. The van der Waals surface area contributed by atoms with E-state index in [1.54, 1.807) is 0 Å². The van der Waals surface area contributed by atoms with E-state index in [4.69, 9.17) is 21.1 Å². The van der Waals surface area contributed by atoms with Gasteiger partial charge in [0.25, 0.3) is 0 Å². The summed E-state index contributed by atoms with van der Waals surface area (Å²) in [6.45, 7) is 0. The van der Waals surface area contributed by atoms with E-state index in [2.05, 4.69) is 0 Å². The number of hydrogen-bond donors (Lipinski definition) is 0. The molecule has 0 saturated carbocycles. The van der Waals surface area contributed by atoms with Crippen molar-refractivity contribution in [3.8, 4) is 0 Å². The Bertz CT molecular complexity index is 106. The molecule has 0 aliphatic heterocycles. The maximum absolute atomic E-state index is 8.52. The number of rotatable bonds is 0. The van der Waals surface area contributed by atoms with Crippen molar-refractivity contribution in [2.24, 2.45) is 0 Å². The second-order valence-electron chi connectivity index (χ2n) is 0.408. The van der Waals surface area contributed by atoms with Gasteiger partial charge in [0, 0.05) is 10.4 Å². The third kappa shape index (κ3) is 134. The molecule has 8 heavy (non-hydrogen) atoms. The van der Waals surface area contributed by atoms with Gasteiger partial charge >= 0.3 is 59.6 Å². The van der Waals surface area contributed by atoms with E-state index in [-0.39, 0.29) is 56.0 Å². The van der Waals surface area contributed by atoms with Crippen LogP contribution in [0.15, 0.2) is 0 Å². The van der Waals surface area contributed by atoms with E-state index in [1.165, 1.54) is 0 Å². The van der Waals surface area contributed by atoms with E-state index < -0.39 is 10.4 Å². The van der Waals surface area contributed by atoms with Crippen molar-refractivity contribution < 1.29 is 39.3 Å². The Morgan fingerprint density at radius 1 is 1.12 bits per heavy atom. The minimum absolute atomic E-state index is 0. The third-order valence-corrected chi connectivity index (χ3v) is 0. The van der Waals surface area contributed by atoms with Crippen LogP contribution in [-0.4, -0.2) is 55.3 Å². The quantitative estimate of drug-likeness (QED) is 0.270. The molecular weight excluding hydrogens is 218 g/mol. The minimum atomic E-state index is -5.17. The van der Waals surface area contributed by atoms with Gasteiger partial charge in [-0.25, -0.2) is 0 Å². The van der Waals surface area contributed by atoms with Crippen molar-refractivity contribution in [2.45, 2.75) is 0 Å². The molecule has 40 valence electrons. The van der Waals surface area contributed by atoms with Gasteiger partial charge in [-0.05, 0) is 0 Å². The van der Waals surface area contributed by atoms with Crippen molar-refractivity contribution in [2.75, 3.05) is 0 Å². The van der Waals surface area contributed by atoms with Crippen molar-refractivity contribution in [1.29, 1.82) is 0 Å². The zero-order valence-corrected chi connectivity index (χ0v) is 9.86. The summed E-state index contributed by atoms with van der Waals surface area (Å²) in [4.78, 5) is 0. The summed E-state index contributed by atoms with van der Waals surface area (Å²) in [5.41, 5.74) is 0. The molecule has 5 nitrogen and oxygen atoms in total. The average molecular weight is 218 g/mol. The van der Waals surface area contributed by atoms with Crippen LogP contribution in [0.25, 0.3) is 0 Å². The van der Waals surface area contributed by atoms with Gasteiger partial charge in [0.15, 0.2) is 0 Å². The van der Waals surface area contributed by atoms with Gasteiger partial charge in [-0.1, -0.05) is 0 Å². The van der Waals surface area contributed by atoms with E-state index >= 15 is 0 Å². The summed E-state index contributed by atoms with van der Waals surface area (Å²) in [5, 5.41) is 0. The second kappa shape index (κ2) is 8.55. The first kappa shape index (κ1) is 16.3. The molecule has 8 heteroatoms. The van der Waals surface area contributed by atoms with Crippen molar-refractivity contribution in [3.63, 3.8) is 0 Å². The Kier molecular flexibility index (Phi) is 17.4. The fourth-order valence-corrected chi connectivity index (χ4v) is 0. The van der Waals surface area contributed by atoms with Crippen LogP contribution >= 0.6 is 0 Å². The van der Waals surface area contributed by atoms with Crippen LogP contribution in [0.3, 0.4) is 0 Å². The first-order valence-corrected chi connectivity index (χ1v) is 3.50. The predicted octanol–water partition coefficient (Wildman–Crippen LogP) is -1.84. The summed E-state index contributed by atoms with van der Waals surface area (Å²) in [5.74, 6) is 0. The van der Waals surface area contributed by atoms with Crippen LogP contribution in [0.4, 0.5) is 0 Å². The summed E-state index contributed by atoms with van der Waals surface area (Å²) in [7, 11) is -5.17. The monoisotopic (exact) mass is 216 g/mol. The molecule has 0 heterocycles. The Balaban J connectivity index is -0.0000000750. The zero-order chi connectivity index (χ0) is 6.50. The molecular formula is CaO5SZn. The van der Waals surface area contributed by atoms with E-state index in [1.807, 2.05) is 0 Å². The molecule has 0 N–H and O–H groups in total. The molecule has 0 spiro atoms. The van der Waals surface area contributed by atoms with Crippen LogP contribution in [-0.2, 0) is 32.2 Å². The van der Waals surface area contributed by atoms with Gasteiger partial charge < -0.3 is 9.11 Å². The van der Waals surface area contributed by atoms with Crippen LogP contribution in [0.5, 0.6) is 0 Å². The fourth-order valence-electron chi connectivity index (χ4n) is 0. The molecule has 0 aliphatic carbocycles. The predicted molar refractivity (Wildman–Crippen MR) is 16.9 cm³/mol. The third-order valence-electron chi connectivity index (χ3n) is 0. The average Bonchev–Trinajstić information content (AvgIpc) is 1.36. The summed E-state index contributed by atoms with van der Waals surface area (Å²) in [6, 6.07) is 0. The van der Waals surface area contributed by atoms with Gasteiger partial charge in [-0.2, -0.15) is 0 Å². The molecule has 0 rings (SSSR count). The van der Waals surface area contributed by atoms with Gasteiger partial charge in [-0.15, -0.1) is 0 Å². The topological polar surface area (TPSA) is 97.3 Å². The SMILES string of the molecule is O=S(=O)([O-])[O-].[Ca+2].[O]=[Zn]. The Hall–Kier alpha value is 1.55. The van der Waals surface area contributed by atoms with Crippen molar-refractivity contribution >= 4 is 48.1 Å². The van der Waals surface area contributed by atoms with E-state index in [0.29, 0.717) is 0 Å². The normalized spacial score (nSPS) is 8.00. The number of hydrogen-bond acceptors (Lipinski definition) is 5.